The predicted octanol–water partition coefficient (Wildman–Crippen LogP) is 3.25. The Bertz CT molecular complexity index is 532. The summed E-state index contributed by atoms with van der Waals surface area (Å²) in [6.07, 6.45) is 9.84. The van der Waals surface area contributed by atoms with Crippen molar-refractivity contribution < 1.29 is 4.79 Å². The van der Waals surface area contributed by atoms with E-state index in [1.807, 2.05) is 0 Å². The van der Waals surface area contributed by atoms with Crippen LogP contribution in [0.5, 0.6) is 0 Å². The SMILES string of the molecule is O=C(NCc1ccccc1CN1CCCC1)[C@H]1CC=CCC1. The van der Waals surface area contributed by atoms with E-state index in [0.717, 1.165) is 25.8 Å². The highest BCUT2D eigenvalue weighted by molar-refractivity contribution is 5.79. The van der Waals surface area contributed by atoms with Crippen molar-refractivity contribution >= 4 is 5.91 Å². The molecule has 1 aromatic carbocycles. The highest BCUT2D eigenvalue weighted by Crippen LogP contribution is 2.19. The zero-order chi connectivity index (χ0) is 15.2. The Kier molecular flexibility index (Phi) is 5.28. The van der Waals surface area contributed by atoms with E-state index in [-0.39, 0.29) is 11.8 Å². The summed E-state index contributed by atoms with van der Waals surface area (Å²) in [5, 5.41) is 3.14. The van der Waals surface area contributed by atoms with Gasteiger partial charge in [0, 0.05) is 19.0 Å². The maximum atomic E-state index is 12.3. The van der Waals surface area contributed by atoms with Crippen molar-refractivity contribution in [3.63, 3.8) is 0 Å². The Labute approximate surface area is 133 Å². The van der Waals surface area contributed by atoms with Crippen molar-refractivity contribution in [3.05, 3.63) is 47.5 Å². The number of nitrogens with one attached hydrogen (secondary N) is 1. The molecular formula is C19H26N2O. The van der Waals surface area contributed by atoms with Gasteiger partial charge in [0.15, 0.2) is 0 Å². The number of hydrogen-bond acceptors (Lipinski definition) is 2. The van der Waals surface area contributed by atoms with Crippen LogP contribution in [0, 0.1) is 5.92 Å². The number of carbonyl (C=O) groups excluding carboxylic acids is 1. The first-order chi connectivity index (χ1) is 10.8. The third-order valence-corrected chi connectivity index (χ3v) is 4.80. The van der Waals surface area contributed by atoms with Crippen LogP contribution in [0.1, 0.15) is 43.2 Å². The number of benzene rings is 1. The van der Waals surface area contributed by atoms with E-state index in [1.54, 1.807) is 0 Å². The molecule has 1 aliphatic carbocycles. The van der Waals surface area contributed by atoms with Crippen LogP contribution >= 0.6 is 0 Å². The molecule has 1 aliphatic heterocycles. The van der Waals surface area contributed by atoms with Gasteiger partial charge in [0.2, 0.25) is 5.91 Å². The number of carbonyl (C=O) groups is 1. The third kappa shape index (κ3) is 3.98. The van der Waals surface area contributed by atoms with Gasteiger partial charge in [0.05, 0.1) is 0 Å². The Balaban J connectivity index is 1.57. The highest BCUT2D eigenvalue weighted by Gasteiger charge is 2.19. The van der Waals surface area contributed by atoms with Crippen molar-refractivity contribution in [2.75, 3.05) is 13.1 Å². The molecule has 0 saturated carbocycles. The number of hydrogen-bond donors (Lipinski definition) is 1. The smallest absolute Gasteiger partial charge is 0.223 e. The molecular weight excluding hydrogens is 272 g/mol. The second-order valence-corrected chi connectivity index (χ2v) is 6.45. The average molecular weight is 298 g/mol. The van der Waals surface area contributed by atoms with E-state index in [1.165, 1.54) is 37.1 Å². The van der Waals surface area contributed by atoms with Gasteiger partial charge in [0.1, 0.15) is 0 Å². The molecule has 22 heavy (non-hydrogen) atoms. The van der Waals surface area contributed by atoms with Gasteiger partial charge in [0.25, 0.3) is 0 Å². The summed E-state index contributed by atoms with van der Waals surface area (Å²) in [6.45, 7) is 4.07. The molecule has 0 bridgehead atoms. The molecule has 1 saturated heterocycles. The van der Waals surface area contributed by atoms with Gasteiger partial charge in [-0.2, -0.15) is 0 Å². The summed E-state index contributed by atoms with van der Waals surface area (Å²) in [5.41, 5.74) is 2.61. The lowest BCUT2D eigenvalue weighted by atomic mass is 9.93. The molecule has 1 fully saturated rings. The van der Waals surface area contributed by atoms with Crippen molar-refractivity contribution in [1.82, 2.24) is 10.2 Å². The summed E-state index contributed by atoms with van der Waals surface area (Å²) in [4.78, 5) is 14.8. The second kappa shape index (κ2) is 7.59. The summed E-state index contributed by atoms with van der Waals surface area (Å²) in [6, 6.07) is 8.51. The van der Waals surface area contributed by atoms with Gasteiger partial charge < -0.3 is 5.32 Å². The van der Waals surface area contributed by atoms with E-state index in [4.69, 9.17) is 0 Å². The van der Waals surface area contributed by atoms with Crippen LogP contribution in [0.15, 0.2) is 36.4 Å². The van der Waals surface area contributed by atoms with E-state index < -0.39 is 0 Å². The van der Waals surface area contributed by atoms with Crippen LogP contribution in [0.2, 0.25) is 0 Å². The molecule has 1 amide bonds. The summed E-state index contributed by atoms with van der Waals surface area (Å²) in [5.74, 6) is 0.371. The second-order valence-electron chi connectivity index (χ2n) is 6.45. The molecule has 1 heterocycles. The molecule has 3 nitrogen and oxygen atoms in total. The van der Waals surface area contributed by atoms with Crippen LogP contribution < -0.4 is 5.32 Å². The van der Waals surface area contributed by atoms with Crippen LogP contribution in [0.3, 0.4) is 0 Å². The lowest BCUT2D eigenvalue weighted by molar-refractivity contribution is -0.125. The fourth-order valence-corrected chi connectivity index (χ4v) is 3.42. The quantitative estimate of drug-likeness (QED) is 0.846. The first kappa shape index (κ1) is 15.3. The van der Waals surface area contributed by atoms with Gasteiger partial charge in [-0.15, -0.1) is 0 Å². The normalized spacial score (nSPS) is 21.9. The highest BCUT2D eigenvalue weighted by atomic mass is 16.1. The van der Waals surface area contributed by atoms with E-state index >= 15 is 0 Å². The predicted molar refractivity (Wildman–Crippen MR) is 89.3 cm³/mol. The minimum Gasteiger partial charge on any atom is -0.352 e. The van der Waals surface area contributed by atoms with Crippen molar-refractivity contribution in [1.29, 1.82) is 0 Å². The molecule has 0 aromatic heterocycles. The van der Waals surface area contributed by atoms with Crippen LogP contribution in [0.4, 0.5) is 0 Å². The molecule has 0 unspecified atom stereocenters. The largest absolute Gasteiger partial charge is 0.352 e. The average Bonchev–Trinajstić information content (AvgIpc) is 3.07. The van der Waals surface area contributed by atoms with Gasteiger partial charge in [-0.3, -0.25) is 9.69 Å². The van der Waals surface area contributed by atoms with Crippen LogP contribution in [0.25, 0.3) is 0 Å². The summed E-state index contributed by atoms with van der Waals surface area (Å²) >= 11 is 0. The van der Waals surface area contributed by atoms with Crippen molar-refractivity contribution in [2.24, 2.45) is 5.92 Å². The van der Waals surface area contributed by atoms with Crippen molar-refractivity contribution in [3.8, 4) is 0 Å². The number of likely N-dealkylation sites (tertiary alicyclic amines) is 1. The summed E-state index contributed by atoms with van der Waals surface area (Å²) < 4.78 is 0. The van der Waals surface area contributed by atoms with E-state index in [2.05, 4.69) is 46.6 Å². The molecule has 1 atom stereocenters. The minimum absolute atomic E-state index is 0.163. The fourth-order valence-electron chi connectivity index (χ4n) is 3.42. The standard InChI is InChI=1S/C19H26N2O/c22-19(16-8-2-1-3-9-16)20-14-17-10-4-5-11-18(17)15-21-12-6-7-13-21/h1-2,4-5,10-11,16H,3,6-9,12-15H2,(H,20,22)/t16-/m0/s1. The van der Waals surface area contributed by atoms with Gasteiger partial charge in [-0.1, -0.05) is 36.4 Å². The molecule has 2 aliphatic rings. The molecule has 1 aromatic rings. The van der Waals surface area contributed by atoms with Crippen LogP contribution in [-0.4, -0.2) is 23.9 Å². The first-order valence-electron chi connectivity index (χ1n) is 8.55. The van der Waals surface area contributed by atoms with Gasteiger partial charge in [-0.25, -0.2) is 0 Å². The molecule has 118 valence electrons. The monoisotopic (exact) mass is 298 g/mol. The number of rotatable bonds is 5. The third-order valence-electron chi connectivity index (χ3n) is 4.80. The summed E-state index contributed by atoms with van der Waals surface area (Å²) in [7, 11) is 0. The molecule has 0 spiro atoms. The first-order valence-corrected chi connectivity index (χ1v) is 8.55. The lowest BCUT2D eigenvalue weighted by Gasteiger charge is -2.20. The maximum absolute atomic E-state index is 12.3. The Morgan fingerprint density at radius 3 is 2.64 bits per heavy atom. The zero-order valence-electron chi connectivity index (χ0n) is 13.3. The van der Waals surface area contributed by atoms with E-state index in [9.17, 15) is 4.79 Å². The van der Waals surface area contributed by atoms with Gasteiger partial charge in [-0.05, 0) is 56.3 Å². The molecule has 3 heteroatoms. The molecule has 3 rings (SSSR count). The Morgan fingerprint density at radius 2 is 1.91 bits per heavy atom. The Morgan fingerprint density at radius 1 is 1.14 bits per heavy atom. The Hall–Kier alpha value is -1.61. The number of amides is 1. The number of nitrogens with zero attached hydrogens (tertiary/aromatic N) is 1. The molecule has 0 radical (unpaired) electrons. The molecule has 1 N–H and O–H groups in total. The minimum atomic E-state index is 0.163. The number of allylic oxidation sites excluding steroid dienone is 2. The van der Waals surface area contributed by atoms with Gasteiger partial charge >= 0.3 is 0 Å². The van der Waals surface area contributed by atoms with Crippen LogP contribution in [-0.2, 0) is 17.9 Å². The maximum Gasteiger partial charge on any atom is 0.223 e. The lowest BCUT2D eigenvalue weighted by Crippen LogP contribution is -2.31. The van der Waals surface area contributed by atoms with E-state index in [0.29, 0.717) is 6.54 Å². The fraction of sp³-hybridized carbons (Fsp3) is 0.526. The topological polar surface area (TPSA) is 32.3 Å². The van der Waals surface area contributed by atoms with Crippen molar-refractivity contribution in [2.45, 2.75) is 45.2 Å². The zero-order valence-corrected chi connectivity index (χ0v) is 13.3.